The van der Waals surface area contributed by atoms with Gasteiger partial charge in [0.05, 0.1) is 5.56 Å². The van der Waals surface area contributed by atoms with Gasteiger partial charge in [-0.1, -0.05) is 24.6 Å². The standard InChI is InChI=1S/C22H28N4O2/c1-3-5-21(27)24-19-6-4-13-26(15-19)20-12-9-17(14-23-20)22(28)25-18-10-7-16(2)8-11-18/h7-12,14,19H,3-6,13,15H2,1-2H3,(H,24,27)(H,25,28). The number of rotatable bonds is 6. The second-order valence-corrected chi connectivity index (χ2v) is 7.33. The van der Waals surface area contributed by atoms with E-state index in [-0.39, 0.29) is 17.9 Å². The molecule has 2 heterocycles. The van der Waals surface area contributed by atoms with Gasteiger partial charge in [-0.3, -0.25) is 9.59 Å². The minimum Gasteiger partial charge on any atom is -0.355 e. The number of nitrogens with zero attached hydrogens (tertiary/aromatic N) is 2. The molecule has 1 aromatic carbocycles. The molecule has 0 radical (unpaired) electrons. The molecule has 6 heteroatoms. The van der Waals surface area contributed by atoms with Crippen molar-refractivity contribution in [3.05, 3.63) is 53.7 Å². The maximum Gasteiger partial charge on any atom is 0.257 e. The van der Waals surface area contributed by atoms with Crippen LogP contribution >= 0.6 is 0 Å². The van der Waals surface area contributed by atoms with Crippen molar-refractivity contribution in [2.45, 2.75) is 45.6 Å². The van der Waals surface area contributed by atoms with Crippen LogP contribution in [0.2, 0.25) is 0 Å². The largest absolute Gasteiger partial charge is 0.355 e. The number of aryl methyl sites for hydroxylation is 1. The van der Waals surface area contributed by atoms with Gasteiger partial charge in [0.25, 0.3) is 5.91 Å². The number of carbonyl (C=O) groups is 2. The number of nitrogens with one attached hydrogen (secondary N) is 2. The molecule has 0 spiro atoms. The highest BCUT2D eigenvalue weighted by atomic mass is 16.2. The summed E-state index contributed by atoms with van der Waals surface area (Å²) in [4.78, 5) is 30.9. The van der Waals surface area contributed by atoms with Gasteiger partial charge < -0.3 is 15.5 Å². The summed E-state index contributed by atoms with van der Waals surface area (Å²) < 4.78 is 0. The lowest BCUT2D eigenvalue weighted by molar-refractivity contribution is -0.121. The summed E-state index contributed by atoms with van der Waals surface area (Å²) in [5.41, 5.74) is 2.44. The van der Waals surface area contributed by atoms with Crippen molar-refractivity contribution in [3.63, 3.8) is 0 Å². The van der Waals surface area contributed by atoms with E-state index >= 15 is 0 Å². The van der Waals surface area contributed by atoms with Crippen molar-refractivity contribution >= 4 is 23.3 Å². The Morgan fingerprint density at radius 1 is 1.18 bits per heavy atom. The first kappa shape index (κ1) is 19.9. The van der Waals surface area contributed by atoms with Crippen LogP contribution < -0.4 is 15.5 Å². The van der Waals surface area contributed by atoms with Crippen molar-refractivity contribution in [2.24, 2.45) is 0 Å². The Bertz CT molecular complexity index is 802. The molecule has 2 N–H and O–H groups in total. The number of pyridine rings is 1. The molecule has 2 amide bonds. The third-order valence-electron chi connectivity index (χ3n) is 4.91. The van der Waals surface area contributed by atoms with Gasteiger partial charge in [-0.2, -0.15) is 0 Å². The summed E-state index contributed by atoms with van der Waals surface area (Å²) >= 11 is 0. The minimum absolute atomic E-state index is 0.116. The smallest absolute Gasteiger partial charge is 0.257 e. The number of benzene rings is 1. The Morgan fingerprint density at radius 2 is 1.96 bits per heavy atom. The third kappa shape index (κ3) is 5.31. The normalized spacial score (nSPS) is 16.5. The van der Waals surface area contributed by atoms with Crippen molar-refractivity contribution in [2.75, 3.05) is 23.3 Å². The topological polar surface area (TPSA) is 74.3 Å². The maximum absolute atomic E-state index is 12.4. The van der Waals surface area contributed by atoms with Gasteiger partial charge >= 0.3 is 0 Å². The third-order valence-corrected chi connectivity index (χ3v) is 4.91. The van der Waals surface area contributed by atoms with E-state index in [2.05, 4.69) is 20.5 Å². The van der Waals surface area contributed by atoms with Crippen LogP contribution in [0.15, 0.2) is 42.6 Å². The molecule has 1 aliphatic rings. The van der Waals surface area contributed by atoms with E-state index in [0.29, 0.717) is 12.0 Å². The van der Waals surface area contributed by atoms with E-state index in [1.54, 1.807) is 12.3 Å². The lowest BCUT2D eigenvalue weighted by Crippen LogP contribution is -2.48. The number of amides is 2. The Morgan fingerprint density at radius 3 is 2.64 bits per heavy atom. The lowest BCUT2D eigenvalue weighted by atomic mass is 10.1. The first-order valence-corrected chi connectivity index (χ1v) is 9.93. The van der Waals surface area contributed by atoms with Crippen LogP contribution in [0.4, 0.5) is 11.5 Å². The molecule has 28 heavy (non-hydrogen) atoms. The molecule has 1 aliphatic heterocycles. The average molecular weight is 380 g/mol. The fourth-order valence-corrected chi connectivity index (χ4v) is 3.38. The van der Waals surface area contributed by atoms with Gasteiger partial charge in [-0.05, 0) is 50.5 Å². The first-order valence-electron chi connectivity index (χ1n) is 9.93. The highest BCUT2D eigenvalue weighted by Crippen LogP contribution is 2.19. The summed E-state index contributed by atoms with van der Waals surface area (Å²) in [5.74, 6) is 0.776. The van der Waals surface area contributed by atoms with Crippen molar-refractivity contribution in [3.8, 4) is 0 Å². The monoisotopic (exact) mass is 380 g/mol. The van der Waals surface area contributed by atoms with E-state index in [1.807, 2.05) is 44.2 Å². The van der Waals surface area contributed by atoms with Gasteiger partial charge in [0.2, 0.25) is 5.91 Å². The van der Waals surface area contributed by atoms with Crippen molar-refractivity contribution in [1.82, 2.24) is 10.3 Å². The number of piperidine rings is 1. The Kier molecular flexibility index (Phi) is 6.63. The summed E-state index contributed by atoms with van der Waals surface area (Å²) in [6.07, 6.45) is 5.03. The van der Waals surface area contributed by atoms with Crippen LogP contribution in [0.3, 0.4) is 0 Å². The summed E-state index contributed by atoms with van der Waals surface area (Å²) in [5, 5.41) is 5.99. The van der Waals surface area contributed by atoms with E-state index < -0.39 is 0 Å². The molecule has 0 aliphatic carbocycles. The highest BCUT2D eigenvalue weighted by molar-refractivity contribution is 6.04. The minimum atomic E-state index is -0.175. The molecule has 2 aromatic rings. The summed E-state index contributed by atoms with van der Waals surface area (Å²) in [7, 11) is 0. The fourth-order valence-electron chi connectivity index (χ4n) is 3.38. The fraction of sp³-hybridized carbons (Fsp3) is 0.409. The van der Waals surface area contributed by atoms with E-state index in [4.69, 9.17) is 0 Å². The molecule has 6 nitrogen and oxygen atoms in total. The highest BCUT2D eigenvalue weighted by Gasteiger charge is 2.22. The van der Waals surface area contributed by atoms with Crippen LogP contribution in [0.5, 0.6) is 0 Å². The van der Waals surface area contributed by atoms with Crippen LogP contribution in [-0.4, -0.2) is 35.9 Å². The van der Waals surface area contributed by atoms with Crippen molar-refractivity contribution in [1.29, 1.82) is 0 Å². The first-order chi connectivity index (χ1) is 13.5. The SMILES string of the molecule is CCCC(=O)NC1CCCN(c2ccc(C(=O)Nc3ccc(C)cc3)cn2)C1. The number of aromatic nitrogens is 1. The van der Waals surface area contributed by atoms with Crippen molar-refractivity contribution < 1.29 is 9.59 Å². The maximum atomic E-state index is 12.4. The molecule has 0 saturated carbocycles. The lowest BCUT2D eigenvalue weighted by Gasteiger charge is -2.34. The molecule has 0 bridgehead atoms. The number of hydrogen-bond acceptors (Lipinski definition) is 4. The quantitative estimate of drug-likeness (QED) is 0.804. The van der Waals surface area contributed by atoms with Crippen LogP contribution in [-0.2, 0) is 4.79 Å². The van der Waals surface area contributed by atoms with Gasteiger partial charge in [0, 0.05) is 37.4 Å². The number of carbonyl (C=O) groups excluding carboxylic acids is 2. The second-order valence-electron chi connectivity index (χ2n) is 7.33. The molecule has 1 saturated heterocycles. The average Bonchev–Trinajstić information content (AvgIpc) is 2.70. The Balaban J connectivity index is 1.59. The Labute approximate surface area is 166 Å². The van der Waals surface area contributed by atoms with E-state index in [9.17, 15) is 9.59 Å². The van der Waals surface area contributed by atoms with E-state index in [0.717, 1.165) is 49.4 Å². The van der Waals surface area contributed by atoms with Crippen LogP contribution in [0.25, 0.3) is 0 Å². The van der Waals surface area contributed by atoms with Crippen LogP contribution in [0, 0.1) is 6.92 Å². The molecule has 148 valence electrons. The zero-order valence-corrected chi connectivity index (χ0v) is 16.6. The molecule has 1 atom stereocenters. The molecule has 3 rings (SSSR count). The van der Waals surface area contributed by atoms with Gasteiger partial charge in [-0.25, -0.2) is 4.98 Å². The Hall–Kier alpha value is -2.89. The molecular formula is C22H28N4O2. The van der Waals surface area contributed by atoms with Crippen LogP contribution in [0.1, 0.15) is 48.5 Å². The second kappa shape index (κ2) is 9.35. The molecule has 1 unspecified atom stereocenters. The van der Waals surface area contributed by atoms with Gasteiger partial charge in [-0.15, -0.1) is 0 Å². The zero-order chi connectivity index (χ0) is 19.9. The molecule has 1 aromatic heterocycles. The number of anilines is 2. The summed E-state index contributed by atoms with van der Waals surface area (Å²) in [6.45, 7) is 5.67. The predicted molar refractivity (Wildman–Crippen MR) is 112 cm³/mol. The van der Waals surface area contributed by atoms with Gasteiger partial charge in [0.15, 0.2) is 0 Å². The summed E-state index contributed by atoms with van der Waals surface area (Å²) in [6, 6.07) is 11.5. The molecular weight excluding hydrogens is 352 g/mol. The molecule has 1 fully saturated rings. The number of hydrogen-bond donors (Lipinski definition) is 2. The zero-order valence-electron chi connectivity index (χ0n) is 16.6. The predicted octanol–water partition coefficient (Wildman–Crippen LogP) is 3.53. The van der Waals surface area contributed by atoms with Gasteiger partial charge in [0.1, 0.15) is 5.82 Å². The van der Waals surface area contributed by atoms with E-state index in [1.165, 1.54) is 0 Å².